The molecule has 3 aromatic rings. The third-order valence-corrected chi connectivity index (χ3v) is 7.37. The van der Waals surface area contributed by atoms with Crippen LogP contribution in [0.25, 0.3) is 0 Å². The summed E-state index contributed by atoms with van der Waals surface area (Å²) in [6.45, 7) is 1.64. The van der Waals surface area contributed by atoms with E-state index in [0.717, 1.165) is 16.7 Å². The second-order valence-electron chi connectivity index (χ2n) is 10.4. The number of aliphatic imine (C=N–C) groups is 1. The summed E-state index contributed by atoms with van der Waals surface area (Å²) < 4.78 is 10.7. The maximum atomic E-state index is 12.8. The van der Waals surface area contributed by atoms with Gasteiger partial charge in [0, 0.05) is 32.4 Å². The van der Waals surface area contributed by atoms with E-state index in [1.54, 1.807) is 12.1 Å². The average molecular weight is 566 g/mol. The van der Waals surface area contributed by atoms with Crippen LogP contribution in [0.1, 0.15) is 47.9 Å². The van der Waals surface area contributed by atoms with Gasteiger partial charge in [0.2, 0.25) is 11.8 Å². The first-order chi connectivity index (χ1) is 20.4. The molecule has 0 radical (unpaired) electrons. The first kappa shape index (κ1) is 30.2. The molecule has 42 heavy (non-hydrogen) atoms. The molecule has 216 valence electrons. The highest BCUT2D eigenvalue weighted by Gasteiger charge is 2.25. The Balaban J connectivity index is 1.24. The maximum absolute atomic E-state index is 12.8. The minimum absolute atomic E-state index is 0.0656. The van der Waals surface area contributed by atoms with Gasteiger partial charge in [-0.3, -0.25) is 9.59 Å². The smallest absolute Gasteiger partial charge is 0.352 e. The number of rotatable bonds is 11. The predicted octanol–water partition coefficient (Wildman–Crippen LogP) is 5.08. The lowest BCUT2D eigenvalue weighted by Crippen LogP contribution is -2.39. The zero-order chi connectivity index (χ0) is 29.7. The van der Waals surface area contributed by atoms with Gasteiger partial charge in [0.05, 0.1) is 18.7 Å². The number of piperidine rings is 1. The summed E-state index contributed by atoms with van der Waals surface area (Å²) in [7, 11) is 1.27. The number of nitrogens with zero attached hydrogens (tertiary/aromatic N) is 3. The molecule has 1 fully saturated rings. The van der Waals surface area contributed by atoms with Crippen LogP contribution in [0.3, 0.4) is 0 Å². The standard InChI is InChI=1S/C34H35N3O5/c1-41-34(40)31(21-26-11-14-30(15-12-26)42-24-29-5-3-2-4-6-29)36-32(38)22-27-17-19-37(20-18-27)33(39)16-13-25-7-9-28(23-35)10-8-25/h2-12,14-15,27H,13,16-22,24H2,1H3. The lowest BCUT2D eigenvalue weighted by molar-refractivity contribution is -0.134. The SMILES string of the molecule is COC(=O)C(Cc1ccc(OCc2ccccc2)cc1)=NC(=O)CC1CCN(C(=O)CCc2ccc(C#N)cc2)CC1. The van der Waals surface area contributed by atoms with Crippen molar-refractivity contribution in [3.05, 3.63) is 101 Å². The molecule has 0 spiro atoms. The number of carbonyl (C=O) groups is 3. The summed E-state index contributed by atoms with van der Waals surface area (Å²) in [5, 5.41) is 8.92. The molecule has 2 amide bonds. The van der Waals surface area contributed by atoms with E-state index in [9.17, 15) is 14.4 Å². The van der Waals surface area contributed by atoms with Gasteiger partial charge in [0.15, 0.2) is 0 Å². The molecule has 0 N–H and O–H groups in total. The summed E-state index contributed by atoms with van der Waals surface area (Å²) in [6.07, 6.45) is 2.84. The third-order valence-electron chi connectivity index (χ3n) is 7.37. The zero-order valence-electron chi connectivity index (χ0n) is 23.8. The first-order valence-corrected chi connectivity index (χ1v) is 14.1. The van der Waals surface area contributed by atoms with Gasteiger partial charge in [-0.15, -0.1) is 0 Å². The van der Waals surface area contributed by atoms with Crippen molar-refractivity contribution in [3.63, 3.8) is 0 Å². The lowest BCUT2D eigenvalue weighted by Gasteiger charge is -2.31. The van der Waals surface area contributed by atoms with Crippen LogP contribution in [0.2, 0.25) is 0 Å². The van der Waals surface area contributed by atoms with Crippen LogP contribution in [-0.2, 0) is 38.6 Å². The number of ether oxygens (including phenoxy) is 2. The Kier molecular flexibility index (Phi) is 11.0. The van der Waals surface area contributed by atoms with Crippen molar-refractivity contribution in [3.8, 4) is 11.8 Å². The van der Waals surface area contributed by atoms with E-state index < -0.39 is 5.97 Å². The molecule has 1 saturated heterocycles. The van der Waals surface area contributed by atoms with Crippen molar-refractivity contribution in [1.29, 1.82) is 5.26 Å². The minimum Gasteiger partial charge on any atom is -0.489 e. The van der Waals surface area contributed by atoms with Crippen molar-refractivity contribution in [2.75, 3.05) is 20.2 Å². The molecule has 3 aromatic carbocycles. The minimum atomic E-state index is -0.629. The van der Waals surface area contributed by atoms with Crippen molar-refractivity contribution >= 4 is 23.5 Å². The van der Waals surface area contributed by atoms with Gasteiger partial charge >= 0.3 is 5.97 Å². The monoisotopic (exact) mass is 565 g/mol. The van der Waals surface area contributed by atoms with Crippen LogP contribution in [0.4, 0.5) is 0 Å². The highest BCUT2D eigenvalue weighted by atomic mass is 16.5. The van der Waals surface area contributed by atoms with E-state index in [-0.39, 0.29) is 36.3 Å². The molecular formula is C34H35N3O5. The number of amides is 2. The molecule has 1 heterocycles. The number of nitriles is 1. The number of aryl methyl sites for hydroxylation is 1. The van der Waals surface area contributed by atoms with Crippen LogP contribution in [-0.4, -0.2) is 48.6 Å². The predicted molar refractivity (Wildman–Crippen MR) is 159 cm³/mol. The van der Waals surface area contributed by atoms with Crippen molar-refractivity contribution in [2.45, 2.75) is 45.1 Å². The molecule has 0 unspecified atom stereocenters. The molecule has 0 aromatic heterocycles. The van der Waals surface area contributed by atoms with E-state index in [1.165, 1.54) is 7.11 Å². The van der Waals surface area contributed by atoms with E-state index in [4.69, 9.17) is 14.7 Å². The molecule has 4 rings (SSSR count). The molecule has 1 aliphatic heterocycles. The fourth-order valence-electron chi connectivity index (χ4n) is 4.90. The molecule has 0 aliphatic carbocycles. The van der Waals surface area contributed by atoms with E-state index in [1.807, 2.05) is 71.6 Å². The molecule has 0 atom stereocenters. The fourth-order valence-corrected chi connectivity index (χ4v) is 4.90. The highest BCUT2D eigenvalue weighted by molar-refractivity contribution is 6.38. The Hall–Kier alpha value is -4.77. The largest absolute Gasteiger partial charge is 0.489 e. The molecule has 0 saturated carbocycles. The highest BCUT2D eigenvalue weighted by Crippen LogP contribution is 2.22. The summed E-state index contributed by atoms with van der Waals surface area (Å²) in [4.78, 5) is 43.9. The summed E-state index contributed by atoms with van der Waals surface area (Å²) >= 11 is 0. The van der Waals surface area contributed by atoms with Gasteiger partial charge in [-0.05, 0) is 66.1 Å². The van der Waals surface area contributed by atoms with E-state index in [0.29, 0.717) is 56.7 Å². The summed E-state index contributed by atoms with van der Waals surface area (Å²) in [6, 6.07) is 26.6. The van der Waals surface area contributed by atoms with Crippen LogP contribution in [0.15, 0.2) is 83.9 Å². The maximum Gasteiger partial charge on any atom is 0.352 e. The van der Waals surface area contributed by atoms with Gasteiger partial charge < -0.3 is 14.4 Å². The summed E-state index contributed by atoms with van der Waals surface area (Å²) in [5.41, 5.74) is 3.57. The van der Waals surface area contributed by atoms with Crippen LogP contribution in [0, 0.1) is 17.2 Å². The second kappa shape index (κ2) is 15.3. The number of likely N-dealkylation sites (tertiary alicyclic amines) is 1. The topological polar surface area (TPSA) is 109 Å². The molecule has 8 nitrogen and oxygen atoms in total. The van der Waals surface area contributed by atoms with Gasteiger partial charge in [0.1, 0.15) is 18.1 Å². The number of methoxy groups -OCH3 is 1. The van der Waals surface area contributed by atoms with E-state index in [2.05, 4.69) is 11.1 Å². The number of hydrogen-bond acceptors (Lipinski definition) is 6. The normalized spacial score (nSPS) is 13.7. The second-order valence-corrected chi connectivity index (χ2v) is 10.4. The Labute approximate surface area is 246 Å². The van der Waals surface area contributed by atoms with Crippen molar-refractivity contribution in [2.24, 2.45) is 10.9 Å². The number of esters is 1. The lowest BCUT2D eigenvalue weighted by atomic mass is 9.93. The Morgan fingerprint density at radius 2 is 1.57 bits per heavy atom. The van der Waals surface area contributed by atoms with Crippen LogP contribution in [0.5, 0.6) is 5.75 Å². The number of hydrogen-bond donors (Lipinski definition) is 0. The Bertz CT molecular complexity index is 1420. The zero-order valence-corrected chi connectivity index (χ0v) is 23.8. The van der Waals surface area contributed by atoms with Crippen molar-refractivity contribution in [1.82, 2.24) is 4.90 Å². The third kappa shape index (κ3) is 9.13. The fraction of sp³-hybridized carbons (Fsp3) is 0.324. The Morgan fingerprint density at radius 1 is 0.905 bits per heavy atom. The van der Waals surface area contributed by atoms with Crippen molar-refractivity contribution < 1.29 is 23.9 Å². The average Bonchev–Trinajstić information content (AvgIpc) is 3.03. The molecule has 1 aliphatic rings. The van der Waals surface area contributed by atoms with E-state index >= 15 is 0 Å². The van der Waals surface area contributed by atoms with Gasteiger partial charge in [-0.2, -0.15) is 5.26 Å². The van der Waals surface area contributed by atoms with Gasteiger partial charge in [-0.1, -0.05) is 54.6 Å². The number of carbonyl (C=O) groups excluding carboxylic acids is 3. The van der Waals surface area contributed by atoms with Gasteiger partial charge in [-0.25, -0.2) is 9.79 Å². The summed E-state index contributed by atoms with van der Waals surface area (Å²) in [5.74, 6) is -0.0936. The number of benzene rings is 3. The quantitative estimate of drug-likeness (QED) is 0.237. The van der Waals surface area contributed by atoms with Gasteiger partial charge in [0.25, 0.3) is 0 Å². The molecular weight excluding hydrogens is 530 g/mol. The molecule has 8 heteroatoms. The molecule has 0 bridgehead atoms. The Morgan fingerprint density at radius 3 is 2.21 bits per heavy atom. The van der Waals surface area contributed by atoms with Crippen LogP contribution < -0.4 is 4.74 Å². The first-order valence-electron chi connectivity index (χ1n) is 14.1. The van der Waals surface area contributed by atoms with Crippen LogP contribution >= 0.6 is 0 Å².